The van der Waals surface area contributed by atoms with Crippen LogP contribution in [0, 0.1) is 0 Å². The fourth-order valence-corrected chi connectivity index (χ4v) is 3.16. The Kier molecular flexibility index (Phi) is 9.52. The zero-order valence-electron chi connectivity index (χ0n) is 15.9. The number of likely N-dealkylation sites (tertiary alicyclic amines) is 1. The van der Waals surface area contributed by atoms with Gasteiger partial charge >= 0.3 is 11.9 Å². The molecule has 0 bridgehead atoms. The summed E-state index contributed by atoms with van der Waals surface area (Å²) in [5.74, 6) is -6.26. The number of hydrogen-bond donors (Lipinski definition) is 7. The molecule has 4 unspecified atom stereocenters. The molecule has 1 heterocycles. The maximum Gasteiger partial charge on any atom is 0.326 e. The van der Waals surface area contributed by atoms with Crippen LogP contribution in [0.5, 0.6) is 0 Å². The predicted octanol–water partition coefficient (Wildman–Crippen LogP) is -3.36. The second-order valence-corrected chi connectivity index (χ2v) is 7.07. The third-order valence-electron chi connectivity index (χ3n) is 4.39. The van der Waals surface area contributed by atoms with Crippen molar-refractivity contribution >= 4 is 48.2 Å². The maximum atomic E-state index is 12.7. The second kappa shape index (κ2) is 11.3. The quantitative estimate of drug-likeness (QED) is 0.157. The summed E-state index contributed by atoms with van der Waals surface area (Å²) in [5, 5.41) is 22.4. The minimum atomic E-state index is -1.51. The van der Waals surface area contributed by atoms with Crippen molar-refractivity contribution in [3.8, 4) is 0 Å². The van der Waals surface area contributed by atoms with E-state index in [9.17, 15) is 33.9 Å². The zero-order chi connectivity index (χ0) is 23.0. The van der Waals surface area contributed by atoms with Crippen LogP contribution in [0.3, 0.4) is 0 Å². The van der Waals surface area contributed by atoms with Gasteiger partial charge in [0.25, 0.3) is 0 Å². The summed E-state index contributed by atoms with van der Waals surface area (Å²) in [5.41, 5.74) is 10.5. The summed E-state index contributed by atoms with van der Waals surface area (Å²) in [7, 11) is 0. The van der Waals surface area contributed by atoms with Crippen molar-refractivity contribution in [1.29, 1.82) is 0 Å². The van der Waals surface area contributed by atoms with Crippen LogP contribution in [0.15, 0.2) is 0 Å². The van der Waals surface area contributed by atoms with E-state index in [0.717, 1.165) is 4.90 Å². The Bertz CT molecular complexity index is 718. The van der Waals surface area contributed by atoms with Crippen molar-refractivity contribution in [3.05, 3.63) is 0 Å². The Morgan fingerprint density at radius 2 is 1.63 bits per heavy atom. The number of nitrogens with two attached hydrogens (primary N) is 2. The number of aliphatic carboxylic acids is 2. The summed E-state index contributed by atoms with van der Waals surface area (Å²) >= 11 is 4.01. The standard InChI is InChI=1S/C16H25N5O8S/c17-7(4-12(23)24)13(25)19-8(5-11(18)22)14(26)20-9(6-30)15(27)21-3-1-2-10(21)16(28)29/h7-10,30H,1-6,17H2,(H2,18,22)(H,19,25)(H,20,26)(H,23,24)(H,28,29). The number of carboxylic acid groups (broad SMARTS) is 2. The first kappa shape index (κ1) is 25.2. The second-order valence-electron chi connectivity index (χ2n) is 6.71. The van der Waals surface area contributed by atoms with Gasteiger partial charge in [0.15, 0.2) is 0 Å². The highest BCUT2D eigenvalue weighted by atomic mass is 32.1. The number of nitrogens with zero attached hydrogens (tertiary/aromatic N) is 1. The fraction of sp³-hybridized carbons (Fsp3) is 0.625. The minimum absolute atomic E-state index is 0.177. The number of thiol groups is 1. The van der Waals surface area contributed by atoms with Gasteiger partial charge in [-0.15, -0.1) is 0 Å². The largest absolute Gasteiger partial charge is 0.481 e. The molecule has 0 aromatic heterocycles. The van der Waals surface area contributed by atoms with Crippen molar-refractivity contribution in [1.82, 2.24) is 15.5 Å². The number of rotatable bonds is 11. The lowest BCUT2D eigenvalue weighted by Crippen LogP contribution is -2.58. The van der Waals surface area contributed by atoms with E-state index in [1.165, 1.54) is 0 Å². The van der Waals surface area contributed by atoms with Crippen molar-refractivity contribution in [3.63, 3.8) is 0 Å². The normalized spacial score (nSPS) is 18.7. The molecule has 0 spiro atoms. The molecule has 0 aromatic rings. The Morgan fingerprint density at radius 3 is 2.13 bits per heavy atom. The molecular formula is C16H25N5O8S. The molecule has 14 heteroatoms. The Hall–Kier alpha value is -2.87. The highest BCUT2D eigenvalue weighted by Crippen LogP contribution is 2.18. The minimum Gasteiger partial charge on any atom is -0.481 e. The van der Waals surface area contributed by atoms with Crippen LogP contribution in [-0.2, 0) is 28.8 Å². The number of primary amides is 1. The van der Waals surface area contributed by atoms with Gasteiger partial charge in [0.05, 0.1) is 18.9 Å². The van der Waals surface area contributed by atoms with Gasteiger partial charge in [0.1, 0.15) is 18.1 Å². The van der Waals surface area contributed by atoms with Crippen LogP contribution >= 0.6 is 12.6 Å². The monoisotopic (exact) mass is 447 g/mol. The van der Waals surface area contributed by atoms with Crippen molar-refractivity contribution in [2.45, 2.75) is 49.9 Å². The highest BCUT2D eigenvalue weighted by molar-refractivity contribution is 7.80. The van der Waals surface area contributed by atoms with Crippen LogP contribution in [0.2, 0.25) is 0 Å². The number of nitrogens with one attached hydrogen (secondary N) is 2. The van der Waals surface area contributed by atoms with Gasteiger partial charge < -0.3 is 37.2 Å². The first-order chi connectivity index (χ1) is 14.0. The van der Waals surface area contributed by atoms with E-state index in [0.29, 0.717) is 6.42 Å². The molecule has 0 saturated carbocycles. The molecule has 1 aliphatic heterocycles. The van der Waals surface area contributed by atoms with Crippen LogP contribution in [0.1, 0.15) is 25.7 Å². The van der Waals surface area contributed by atoms with Gasteiger partial charge in [-0.25, -0.2) is 4.79 Å². The molecule has 13 nitrogen and oxygen atoms in total. The van der Waals surface area contributed by atoms with Crippen LogP contribution in [0.4, 0.5) is 0 Å². The smallest absolute Gasteiger partial charge is 0.326 e. The van der Waals surface area contributed by atoms with Crippen LogP contribution in [0.25, 0.3) is 0 Å². The van der Waals surface area contributed by atoms with Gasteiger partial charge in [-0.3, -0.25) is 24.0 Å². The molecule has 0 radical (unpaired) electrons. The molecule has 4 amide bonds. The molecule has 168 valence electrons. The SMILES string of the molecule is NC(=O)CC(NC(=O)C(N)CC(=O)O)C(=O)NC(CS)C(=O)N1CCCC1C(=O)O. The van der Waals surface area contributed by atoms with E-state index in [2.05, 4.69) is 23.3 Å². The zero-order valence-corrected chi connectivity index (χ0v) is 16.8. The van der Waals surface area contributed by atoms with Gasteiger partial charge in [-0.2, -0.15) is 12.6 Å². The van der Waals surface area contributed by atoms with Crippen LogP contribution < -0.4 is 22.1 Å². The first-order valence-electron chi connectivity index (χ1n) is 8.98. The molecule has 1 rings (SSSR count). The summed E-state index contributed by atoms with van der Waals surface area (Å²) in [6, 6.07) is -5.24. The number of carbonyl (C=O) groups is 6. The van der Waals surface area contributed by atoms with Crippen LogP contribution in [-0.4, -0.2) is 87.1 Å². The average Bonchev–Trinajstić information content (AvgIpc) is 3.13. The Morgan fingerprint density at radius 1 is 1.03 bits per heavy atom. The van der Waals surface area contributed by atoms with Gasteiger partial charge in [0, 0.05) is 12.3 Å². The fourth-order valence-electron chi connectivity index (χ4n) is 2.92. The molecule has 4 atom stereocenters. The molecule has 30 heavy (non-hydrogen) atoms. The third-order valence-corrected chi connectivity index (χ3v) is 4.75. The summed E-state index contributed by atoms with van der Waals surface area (Å²) < 4.78 is 0. The van der Waals surface area contributed by atoms with E-state index in [-0.39, 0.29) is 18.7 Å². The average molecular weight is 447 g/mol. The van der Waals surface area contributed by atoms with E-state index >= 15 is 0 Å². The Labute approximate surface area is 176 Å². The van der Waals surface area contributed by atoms with E-state index < -0.39 is 72.6 Å². The van der Waals surface area contributed by atoms with Crippen molar-refractivity contribution < 1.29 is 39.0 Å². The van der Waals surface area contributed by atoms with E-state index in [4.69, 9.17) is 16.6 Å². The maximum absolute atomic E-state index is 12.7. The summed E-state index contributed by atoms with van der Waals surface area (Å²) in [6.07, 6.45) is -0.583. The topological polar surface area (TPSA) is 222 Å². The lowest BCUT2D eigenvalue weighted by molar-refractivity contribution is -0.149. The van der Waals surface area contributed by atoms with Gasteiger partial charge in [-0.05, 0) is 12.8 Å². The first-order valence-corrected chi connectivity index (χ1v) is 9.61. The molecule has 1 saturated heterocycles. The molecule has 0 aliphatic carbocycles. The molecule has 8 N–H and O–H groups in total. The summed E-state index contributed by atoms with van der Waals surface area (Å²) in [6.45, 7) is 0.196. The molecular weight excluding hydrogens is 422 g/mol. The summed E-state index contributed by atoms with van der Waals surface area (Å²) in [4.78, 5) is 71.6. The van der Waals surface area contributed by atoms with Crippen molar-refractivity contribution in [2.75, 3.05) is 12.3 Å². The van der Waals surface area contributed by atoms with Crippen molar-refractivity contribution in [2.24, 2.45) is 11.5 Å². The Balaban J connectivity index is 2.88. The predicted molar refractivity (Wildman–Crippen MR) is 104 cm³/mol. The molecule has 1 fully saturated rings. The number of amides is 4. The molecule has 1 aliphatic rings. The van der Waals surface area contributed by atoms with E-state index in [1.807, 2.05) is 0 Å². The lowest BCUT2D eigenvalue weighted by atomic mass is 10.1. The lowest BCUT2D eigenvalue weighted by Gasteiger charge is -2.28. The third kappa shape index (κ3) is 7.18. The number of carbonyl (C=O) groups excluding carboxylic acids is 4. The molecule has 0 aromatic carbocycles. The van der Waals surface area contributed by atoms with E-state index in [1.54, 1.807) is 0 Å². The van der Waals surface area contributed by atoms with Gasteiger partial charge in [0.2, 0.25) is 23.6 Å². The number of carboxylic acids is 2. The highest BCUT2D eigenvalue weighted by Gasteiger charge is 2.38. The van der Waals surface area contributed by atoms with Gasteiger partial charge in [-0.1, -0.05) is 0 Å². The number of hydrogen-bond acceptors (Lipinski definition) is 8.